The molecule has 3 rings (SSSR count). The molecule has 0 atom stereocenters. The monoisotopic (exact) mass is 338 g/mol. The summed E-state index contributed by atoms with van der Waals surface area (Å²) in [4.78, 5) is 17.0. The minimum atomic E-state index is -2.93. The minimum absolute atomic E-state index is 0.0230. The van der Waals surface area contributed by atoms with Gasteiger partial charge >= 0.3 is 6.61 Å². The molecule has 1 heterocycles. The van der Waals surface area contributed by atoms with E-state index in [0.717, 1.165) is 12.8 Å². The van der Waals surface area contributed by atoms with Crippen LogP contribution < -0.4 is 4.74 Å². The molecule has 2 aromatic rings. The number of likely N-dealkylation sites (N-methyl/N-ethyl adjacent to an activating group) is 1. The van der Waals surface area contributed by atoms with Gasteiger partial charge in [0.2, 0.25) is 0 Å². The van der Waals surface area contributed by atoms with E-state index in [0.29, 0.717) is 23.7 Å². The second-order valence-electron chi connectivity index (χ2n) is 6.37. The molecule has 1 saturated carbocycles. The summed E-state index contributed by atoms with van der Waals surface area (Å²) in [6.07, 6.45) is 3.28. The van der Waals surface area contributed by atoms with Crippen LogP contribution >= 0.6 is 0 Å². The third-order valence-electron chi connectivity index (χ3n) is 4.48. The molecule has 1 fully saturated rings. The number of H-pyrrole nitrogens is 1. The molecule has 0 radical (unpaired) electrons. The summed E-state index contributed by atoms with van der Waals surface area (Å²) in [5.41, 5.74) is -0.00992. The summed E-state index contributed by atoms with van der Waals surface area (Å²) in [5.74, 6) is -0.274. The van der Waals surface area contributed by atoms with Crippen molar-refractivity contribution in [1.29, 1.82) is 0 Å². The number of benzene rings is 1. The number of ether oxygens (including phenoxy) is 1. The minimum Gasteiger partial charge on any atom is -0.434 e. The Morgan fingerprint density at radius 2 is 2.12 bits per heavy atom. The van der Waals surface area contributed by atoms with E-state index in [1.165, 1.54) is 17.0 Å². The summed E-state index contributed by atoms with van der Waals surface area (Å²) >= 11 is 0. The molecule has 0 saturated heterocycles. The van der Waals surface area contributed by atoms with Gasteiger partial charge in [0, 0.05) is 24.5 Å². The number of nitrogens with zero attached hydrogens (tertiary/aromatic N) is 1. The van der Waals surface area contributed by atoms with Gasteiger partial charge in [-0.05, 0) is 31.0 Å². The van der Waals surface area contributed by atoms with Crippen LogP contribution in [0, 0.1) is 0 Å². The lowest BCUT2D eigenvalue weighted by Crippen LogP contribution is -2.42. The second kappa shape index (κ2) is 6.39. The van der Waals surface area contributed by atoms with Crippen molar-refractivity contribution in [3.8, 4) is 5.75 Å². The van der Waals surface area contributed by atoms with Gasteiger partial charge in [0.05, 0.1) is 5.60 Å². The first-order valence-corrected chi connectivity index (χ1v) is 7.92. The summed E-state index contributed by atoms with van der Waals surface area (Å²) in [6.45, 7) is -2.68. The van der Waals surface area contributed by atoms with E-state index in [2.05, 4.69) is 9.72 Å². The topological polar surface area (TPSA) is 65.6 Å². The van der Waals surface area contributed by atoms with Crippen LogP contribution in [0.1, 0.15) is 36.2 Å². The van der Waals surface area contributed by atoms with Crippen molar-refractivity contribution in [2.45, 2.75) is 37.9 Å². The molecule has 1 aromatic heterocycles. The van der Waals surface area contributed by atoms with Gasteiger partial charge in [-0.15, -0.1) is 0 Å². The molecule has 1 aliphatic carbocycles. The molecular weight excluding hydrogens is 318 g/mol. The lowest BCUT2D eigenvalue weighted by molar-refractivity contribution is -0.0487. The maximum absolute atomic E-state index is 12.6. The maximum Gasteiger partial charge on any atom is 0.387 e. The number of nitrogens with one attached hydrogen (secondary N) is 1. The lowest BCUT2D eigenvalue weighted by Gasteiger charge is -2.28. The zero-order valence-corrected chi connectivity index (χ0v) is 13.4. The number of hydrogen-bond acceptors (Lipinski definition) is 3. The fourth-order valence-corrected chi connectivity index (χ4v) is 3.35. The molecule has 5 nitrogen and oxygen atoms in total. The van der Waals surface area contributed by atoms with E-state index in [9.17, 15) is 18.7 Å². The molecule has 1 aromatic carbocycles. The van der Waals surface area contributed by atoms with Gasteiger partial charge in [0.25, 0.3) is 5.91 Å². The van der Waals surface area contributed by atoms with Gasteiger partial charge in [-0.1, -0.05) is 18.9 Å². The molecule has 0 spiro atoms. The summed E-state index contributed by atoms with van der Waals surface area (Å²) in [7, 11) is 1.63. The number of hydrogen-bond donors (Lipinski definition) is 2. The Morgan fingerprint density at radius 1 is 1.42 bits per heavy atom. The van der Waals surface area contributed by atoms with Gasteiger partial charge in [0.15, 0.2) is 0 Å². The van der Waals surface area contributed by atoms with Gasteiger partial charge < -0.3 is 19.7 Å². The number of amides is 1. The Hall–Kier alpha value is -2.15. The molecule has 24 heavy (non-hydrogen) atoms. The number of aromatic nitrogens is 1. The standard InChI is InChI=1S/C17H20F2N2O3/c1-21(10-17(23)7-2-3-8-17)15(22)13-9-11-12(20-13)5-4-6-14(11)24-16(18)19/h4-6,9,16,20,23H,2-3,7-8,10H2,1H3. The van der Waals surface area contributed by atoms with Gasteiger partial charge in [-0.3, -0.25) is 4.79 Å². The first-order chi connectivity index (χ1) is 11.4. The van der Waals surface area contributed by atoms with Crippen LogP contribution in [-0.4, -0.2) is 46.7 Å². The fraction of sp³-hybridized carbons (Fsp3) is 0.471. The van der Waals surface area contributed by atoms with E-state index >= 15 is 0 Å². The van der Waals surface area contributed by atoms with Crippen molar-refractivity contribution in [2.75, 3.05) is 13.6 Å². The van der Waals surface area contributed by atoms with Gasteiger partial charge in [-0.25, -0.2) is 0 Å². The molecule has 2 N–H and O–H groups in total. The average molecular weight is 338 g/mol. The molecule has 7 heteroatoms. The quantitative estimate of drug-likeness (QED) is 0.880. The Morgan fingerprint density at radius 3 is 2.79 bits per heavy atom. The van der Waals surface area contributed by atoms with E-state index in [1.54, 1.807) is 19.2 Å². The highest BCUT2D eigenvalue weighted by Gasteiger charge is 2.33. The van der Waals surface area contributed by atoms with E-state index in [1.807, 2.05) is 0 Å². The van der Waals surface area contributed by atoms with E-state index in [4.69, 9.17) is 0 Å². The van der Waals surface area contributed by atoms with Gasteiger partial charge in [0.1, 0.15) is 11.4 Å². The first kappa shape index (κ1) is 16.7. The number of rotatable bonds is 5. The van der Waals surface area contributed by atoms with Gasteiger partial charge in [-0.2, -0.15) is 8.78 Å². The van der Waals surface area contributed by atoms with E-state index < -0.39 is 12.2 Å². The van der Waals surface area contributed by atoms with Crippen LogP contribution in [-0.2, 0) is 0 Å². The fourth-order valence-electron chi connectivity index (χ4n) is 3.35. The summed E-state index contributed by atoms with van der Waals surface area (Å²) in [6, 6.07) is 6.21. The van der Waals surface area contributed by atoms with Crippen molar-refractivity contribution in [2.24, 2.45) is 0 Å². The molecule has 1 aliphatic rings. The maximum atomic E-state index is 12.6. The molecule has 0 aliphatic heterocycles. The Labute approximate surface area is 138 Å². The number of alkyl halides is 2. The van der Waals surface area contributed by atoms with Crippen molar-refractivity contribution in [3.63, 3.8) is 0 Å². The Bertz CT molecular complexity index is 739. The predicted molar refractivity (Wildman–Crippen MR) is 85.3 cm³/mol. The Balaban J connectivity index is 1.82. The smallest absolute Gasteiger partial charge is 0.387 e. The number of halogens is 2. The normalized spacial score (nSPS) is 16.7. The van der Waals surface area contributed by atoms with Crippen molar-refractivity contribution >= 4 is 16.8 Å². The van der Waals surface area contributed by atoms with Crippen molar-refractivity contribution in [3.05, 3.63) is 30.0 Å². The van der Waals surface area contributed by atoms with Crippen molar-refractivity contribution in [1.82, 2.24) is 9.88 Å². The third-order valence-corrected chi connectivity index (χ3v) is 4.48. The lowest BCUT2D eigenvalue weighted by atomic mass is 10.0. The highest BCUT2D eigenvalue weighted by atomic mass is 19.3. The molecule has 0 bridgehead atoms. The third kappa shape index (κ3) is 3.36. The van der Waals surface area contributed by atoms with Crippen LogP contribution in [0.15, 0.2) is 24.3 Å². The first-order valence-electron chi connectivity index (χ1n) is 7.92. The number of carbonyl (C=O) groups excluding carboxylic acids is 1. The number of aromatic amines is 1. The van der Waals surface area contributed by atoms with Crippen LogP contribution in [0.3, 0.4) is 0 Å². The predicted octanol–water partition coefficient (Wildman–Crippen LogP) is 3.15. The molecular formula is C17H20F2N2O3. The highest BCUT2D eigenvalue weighted by molar-refractivity contribution is 5.99. The van der Waals surface area contributed by atoms with Crippen LogP contribution in [0.5, 0.6) is 5.75 Å². The molecule has 1 amide bonds. The second-order valence-corrected chi connectivity index (χ2v) is 6.37. The number of carbonyl (C=O) groups is 1. The molecule has 0 unspecified atom stereocenters. The zero-order chi connectivity index (χ0) is 17.3. The molecule has 130 valence electrons. The van der Waals surface area contributed by atoms with E-state index in [-0.39, 0.29) is 23.9 Å². The Kier molecular flexibility index (Phi) is 4.45. The average Bonchev–Trinajstić information content (AvgIpc) is 3.13. The van der Waals surface area contributed by atoms with Crippen LogP contribution in [0.4, 0.5) is 8.78 Å². The van der Waals surface area contributed by atoms with Crippen molar-refractivity contribution < 1.29 is 23.4 Å². The largest absolute Gasteiger partial charge is 0.434 e. The van der Waals surface area contributed by atoms with Crippen LogP contribution in [0.2, 0.25) is 0 Å². The number of fused-ring (bicyclic) bond motifs is 1. The summed E-state index contributed by atoms with van der Waals surface area (Å²) in [5, 5.41) is 10.9. The SMILES string of the molecule is CN(CC1(O)CCCC1)C(=O)c1cc2c(OC(F)F)cccc2[nH]1. The number of aliphatic hydroxyl groups is 1. The highest BCUT2D eigenvalue weighted by Crippen LogP contribution is 2.31. The van der Waals surface area contributed by atoms with Crippen LogP contribution in [0.25, 0.3) is 10.9 Å². The zero-order valence-electron chi connectivity index (χ0n) is 13.4. The summed E-state index contributed by atoms with van der Waals surface area (Å²) < 4.78 is 29.4.